The summed E-state index contributed by atoms with van der Waals surface area (Å²) in [5, 5.41) is 14.5. The van der Waals surface area contributed by atoms with Gasteiger partial charge in [-0.05, 0) is 48.4 Å². The van der Waals surface area contributed by atoms with Crippen molar-refractivity contribution in [3.8, 4) is 0 Å². The first-order chi connectivity index (χ1) is 13.6. The largest absolute Gasteiger partial charge is 0.351 e. The summed E-state index contributed by atoms with van der Waals surface area (Å²) in [5.74, 6) is 0.944. The third kappa shape index (κ3) is 4.62. The predicted molar refractivity (Wildman–Crippen MR) is 109 cm³/mol. The van der Waals surface area contributed by atoms with Crippen molar-refractivity contribution in [2.45, 2.75) is 43.9 Å². The molecule has 2 heterocycles. The fraction of sp³-hybridized carbons (Fsp3) is 0.350. The van der Waals surface area contributed by atoms with Crippen molar-refractivity contribution >= 4 is 29.0 Å². The van der Waals surface area contributed by atoms with E-state index >= 15 is 0 Å². The third-order valence-corrected chi connectivity index (χ3v) is 6.42. The van der Waals surface area contributed by atoms with Crippen LogP contribution in [0.4, 0.5) is 4.39 Å². The highest BCUT2D eigenvalue weighted by Crippen LogP contribution is 2.39. The quantitative estimate of drug-likeness (QED) is 0.561. The molecule has 1 aliphatic carbocycles. The van der Waals surface area contributed by atoms with Crippen LogP contribution >= 0.6 is 23.1 Å². The summed E-state index contributed by atoms with van der Waals surface area (Å²) >= 11 is 3.14. The summed E-state index contributed by atoms with van der Waals surface area (Å²) < 4.78 is 15.5. The Morgan fingerprint density at radius 1 is 1.36 bits per heavy atom. The zero-order valence-electron chi connectivity index (χ0n) is 15.5. The molecule has 5 nitrogen and oxygen atoms in total. The number of thioether (sulfide) groups is 1. The van der Waals surface area contributed by atoms with E-state index in [1.807, 2.05) is 6.07 Å². The molecule has 146 valence electrons. The molecule has 0 aliphatic heterocycles. The van der Waals surface area contributed by atoms with Crippen LogP contribution in [0, 0.1) is 12.7 Å². The Balaban J connectivity index is 1.34. The van der Waals surface area contributed by atoms with Gasteiger partial charge in [0.15, 0.2) is 5.16 Å². The maximum atomic E-state index is 13.3. The lowest BCUT2D eigenvalue weighted by molar-refractivity contribution is -0.118. The minimum Gasteiger partial charge on any atom is -0.351 e. The zero-order chi connectivity index (χ0) is 19.5. The summed E-state index contributed by atoms with van der Waals surface area (Å²) in [6.07, 6.45) is 3.05. The number of halogens is 1. The van der Waals surface area contributed by atoms with Crippen LogP contribution in [0.1, 0.15) is 40.7 Å². The molecule has 1 fully saturated rings. The highest BCUT2D eigenvalue weighted by Gasteiger charge is 2.29. The van der Waals surface area contributed by atoms with Crippen molar-refractivity contribution in [1.82, 2.24) is 20.1 Å². The Bertz CT molecular complexity index is 967. The summed E-state index contributed by atoms with van der Waals surface area (Å²) in [7, 11) is 0. The number of carbonyl (C=O) groups is 1. The van der Waals surface area contributed by atoms with Gasteiger partial charge < -0.3 is 9.88 Å². The summed E-state index contributed by atoms with van der Waals surface area (Å²) in [5.41, 5.74) is 1.47. The van der Waals surface area contributed by atoms with E-state index in [2.05, 4.69) is 31.5 Å². The SMILES string of the molecule is Cc1cc(CNC(=O)CSc2nnc(Cc3cccs3)n2C2CC2)ccc1F. The van der Waals surface area contributed by atoms with Crippen LogP contribution in [0.5, 0.6) is 0 Å². The smallest absolute Gasteiger partial charge is 0.230 e. The van der Waals surface area contributed by atoms with Gasteiger partial charge in [-0.2, -0.15) is 0 Å². The van der Waals surface area contributed by atoms with Gasteiger partial charge in [-0.1, -0.05) is 30.0 Å². The number of amides is 1. The lowest BCUT2D eigenvalue weighted by atomic mass is 10.1. The highest BCUT2D eigenvalue weighted by molar-refractivity contribution is 7.99. The normalized spacial score (nSPS) is 13.6. The molecule has 1 amide bonds. The molecular formula is C20H21FN4OS2. The lowest BCUT2D eigenvalue weighted by Crippen LogP contribution is -2.24. The molecular weight excluding hydrogens is 395 g/mol. The van der Waals surface area contributed by atoms with E-state index in [4.69, 9.17) is 0 Å². The summed E-state index contributed by atoms with van der Waals surface area (Å²) in [6, 6.07) is 9.48. The molecule has 0 spiro atoms. The third-order valence-electron chi connectivity index (χ3n) is 4.60. The van der Waals surface area contributed by atoms with Gasteiger partial charge in [-0.3, -0.25) is 4.79 Å². The monoisotopic (exact) mass is 416 g/mol. The first-order valence-electron chi connectivity index (χ1n) is 9.21. The van der Waals surface area contributed by atoms with Gasteiger partial charge in [0.2, 0.25) is 5.91 Å². The maximum absolute atomic E-state index is 13.3. The number of thiophene rings is 1. The standard InChI is InChI=1S/C20H21FN4OS2/c1-13-9-14(4-7-17(13)21)11-22-19(26)12-28-20-24-23-18(25(20)15-5-6-15)10-16-3-2-8-27-16/h2-4,7-9,15H,5-6,10-12H2,1H3,(H,22,26). The minimum absolute atomic E-state index is 0.0721. The number of hydrogen-bond acceptors (Lipinski definition) is 5. The van der Waals surface area contributed by atoms with Crippen LogP contribution in [0.25, 0.3) is 0 Å². The summed E-state index contributed by atoms with van der Waals surface area (Å²) in [6.45, 7) is 2.11. The Hall–Kier alpha value is -2.19. The zero-order valence-corrected chi connectivity index (χ0v) is 17.2. The second-order valence-corrected chi connectivity index (χ2v) is 8.88. The molecule has 1 saturated carbocycles. The van der Waals surface area contributed by atoms with Crippen molar-refractivity contribution in [2.75, 3.05) is 5.75 Å². The van der Waals surface area contributed by atoms with E-state index in [1.165, 1.54) is 22.7 Å². The number of aromatic nitrogens is 3. The van der Waals surface area contributed by atoms with Crippen molar-refractivity contribution in [2.24, 2.45) is 0 Å². The maximum Gasteiger partial charge on any atom is 0.230 e. The van der Waals surface area contributed by atoms with Crippen LogP contribution in [0.2, 0.25) is 0 Å². The number of benzene rings is 1. The molecule has 2 aromatic heterocycles. The fourth-order valence-corrected chi connectivity index (χ4v) is 4.55. The van der Waals surface area contributed by atoms with Crippen molar-refractivity contribution in [3.05, 3.63) is 63.4 Å². The van der Waals surface area contributed by atoms with Crippen molar-refractivity contribution in [1.29, 1.82) is 0 Å². The molecule has 1 aromatic carbocycles. The Kier molecular flexibility index (Phi) is 5.77. The lowest BCUT2D eigenvalue weighted by Gasteiger charge is -2.09. The molecule has 0 radical (unpaired) electrons. The van der Waals surface area contributed by atoms with Gasteiger partial charge >= 0.3 is 0 Å². The number of nitrogens with one attached hydrogen (secondary N) is 1. The van der Waals surface area contributed by atoms with E-state index < -0.39 is 0 Å². The number of hydrogen-bond donors (Lipinski definition) is 1. The second-order valence-electron chi connectivity index (χ2n) is 6.91. The number of nitrogens with zero attached hydrogens (tertiary/aromatic N) is 3. The van der Waals surface area contributed by atoms with Gasteiger partial charge in [0.25, 0.3) is 0 Å². The Morgan fingerprint density at radius 3 is 2.93 bits per heavy atom. The van der Waals surface area contributed by atoms with Crippen LogP contribution in [0.15, 0.2) is 40.9 Å². The van der Waals surface area contributed by atoms with E-state index in [0.29, 0.717) is 18.2 Å². The first kappa shape index (κ1) is 19.1. The highest BCUT2D eigenvalue weighted by atomic mass is 32.2. The molecule has 8 heteroatoms. The molecule has 1 N–H and O–H groups in total. The number of carbonyl (C=O) groups excluding carboxylic acids is 1. The minimum atomic E-state index is -0.233. The van der Waals surface area contributed by atoms with Gasteiger partial charge in [-0.25, -0.2) is 4.39 Å². The summed E-state index contributed by atoms with van der Waals surface area (Å²) in [4.78, 5) is 13.5. The van der Waals surface area contributed by atoms with Gasteiger partial charge in [0.1, 0.15) is 11.6 Å². The average Bonchev–Trinajstić information content (AvgIpc) is 3.23. The van der Waals surface area contributed by atoms with Gasteiger partial charge in [-0.15, -0.1) is 21.5 Å². The molecule has 1 aliphatic rings. The number of rotatable bonds is 8. The van der Waals surface area contributed by atoms with E-state index in [1.54, 1.807) is 30.4 Å². The second kappa shape index (κ2) is 8.45. The molecule has 0 saturated heterocycles. The Labute approximate surface area is 171 Å². The molecule has 4 rings (SSSR count). The van der Waals surface area contributed by atoms with Crippen LogP contribution < -0.4 is 5.32 Å². The molecule has 3 aromatic rings. The van der Waals surface area contributed by atoms with E-state index in [9.17, 15) is 9.18 Å². The number of aryl methyl sites for hydroxylation is 1. The van der Waals surface area contributed by atoms with Crippen LogP contribution in [-0.2, 0) is 17.8 Å². The van der Waals surface area contributed by atoms with E-state index in [0.717, 1.165) is 35.8 Å². The average molecular weight is 417 g/mol. The predicted octanol–water partition coefficient (Wildman–Crippen LogP) is 4.12. The van der Waals surface area contributed by atoms with Crippen molar-refractivity contribution in [3.63, 3.8) is 0 Å². The fourth-order valence-electron chi connectivity index (χ4n) is 2.99. The first-order valence-corrected chi connectivity index (χ1v) is 11.1. The van der Waals surface area contributed by atoms with Crippen molar-refractivity contribution < 1.29 is 9.18 Å². The molecule has 28 heavy (non-hydrogen) atoms. The van der Waals surface area contributed by atoms with Crippen LogP contribution in [0.3, 0.4) is 0 Å². The van der Waals surface area contributed by atoms with Gasteiger partial charge in [0, 0.05) is 23.9 Å². The van der Waals surface area contributed by atoms with Gasteiger partial charge in [0.05, 0.1) is 5.75 Å². The van der Waals surface area contributed by atoms with E-state index in [-0.39, 0.29) is 17.5 Å². The topological polar surface area (TPSA) is 59.8 Å². The molecule has 0 bridgehead atoms. The molecule has 0 unspecified atom stereocenters. The molecule has 0 atom stereocenters. The Morgan fingerprint density at radius 2 is 2.21 bits per heavy atom. The van der Waals surface area contributed by atoms with Crippen LogP contribution in [-0.4, -0.2) is 26.4 Å².